The molecule has 0 atom stereocenters. The molecule has 0 saturated heterocycles. The third kappa shape index (κ3) is 26.8. The molecule has 244 valence electrons. The Morgan fingerprint density at radius 1 is 0.690 bits per heavy atom. The molecule has 42 heavy (non-hydrogen) atoms. The highest BCUT2D eigenvalue weighted by Gasteiger charge is 2.18. The third-order valence-corrected chi connectivity index (χ3v) is 4.68. The maximum absolute atomic E-state index is 11.1. The number of aliphatic hydroxyl groups excluding tert-OH is 1. The topological polar surface area (TPSA) is 205 Å². The predicted molar refractivity (Wildman–Crippen MR) is 152 cm³/mol. The minimum Gasteiger partial charge on any atom is -0.394 e. The van der Waals surface area contributed by atoms with Gasteiger partial charge in [0.05, 0.1) is 115 Å². The molecule has 1 rings (SSSR count). The van der Waals surface area contributed by atoms with E-state index in [1.165, 1.54) is 12.1 Å². The number of benzene rings is 1. The van der Waals surface area contributed by atoms with Gasteiger partial charge in [-0.25, -0.2) is 8.42 Å². The van der Waals surface area contributed by atoms with Gasteiger partial charge in [0.1, 0.15) is 0 Å². The van der Waals surface area contributed by atoms with Crippen molar-refractivity contribution in [2.24, 2.45) is 0 Å². The van der Waals surface area contributed by atoms with E-state index in [9.17, 15) is 28.6 Å². The van der Waals surface area contributed by atoms with Gasteiger partial charge in [-0.2, -0.15) is 0 Å². The predicted octanol–water partition coefficient (Wildman–Crippen LogP) is 1.73. The van der Waals surface area contributed by atoms with Gasteiger partial charge >= 0.3 is 0 Å². The third-order valence-electron chi connectivity index (χ3n) is 4.68. The standard InChI is InChI=1S/C23H38N2O12.CH3ClO2S/c26-5-7-32-9-11-34-13-15-36-17-19-37-18-16-35-14-12-33-10-8-31-6-1-2-21-3-4-22(24(27)28)20-23(21)25(29)30;1-5(2,3)4/h3-4,20,26H,1-2,5-19H2;1H3. The number of nitro groups is 2. The number of hydrogen-bond acceptors (Lipinski definition) is 14. The van der Waals surface area contributed by atoms with Crippen LogP contribution in [0.15, 0.2) is 18.2 Å². The lowest BCUT2D eigenvalue weighted by molar-refractivity contribution is -0.394. The zero-order valence-electron chi connectivity index (χ0n) is 23.7. The Labute approximate surface area is 249 Å². The number of ether oxygens (including phenoxy) is 7. The largest absolute Gasteiger partial charge is 0.394 e. The lowest BCUT2D eigenvalue weighted by Gasteiger charge is -2.08. The van der Waals surface area contributed by atoms with Crippen molar-refractivity contribution in [2.75, 3.05) is 105 Å². The van der Waals surface area contributed by atoms with E-state index >= 15 is 0 Å². The Morgan fingerprint density at radius 3 is 1.38 bits per heavy atom. The number of hydrogen-bond donors (Lipinski definition) is 1. The second kappa shape index (κ2) is 26.6. The van der Waals surface area contributed by atoms with E-state index in [1.54, 1.807) is 0 Å². The summed E-state index contributed by atoms with van der Waals surface area (Å²) in [6.45, 7) is 6.07. The van der Waals surface area contributed by atoms with Crippen LogP contribution in [0, 0.1) is 20.2 Å². The number of nitro benzene ring substituents is 2. The molecule has 0 saturated carbocycles. The van der Waals surface area contributed by atoms with Crippen molar-refractivity contribution >= 4 is 31.1 Å². The van der Waals surface area contributed by atoms with Gasteiger partial charge in [0, 0.05) is 28.9 Å². The van der Waals surface area contributed by atoms with Crippen LogP contribution in [-0.4, -0.2) is 129 Å². The van der Waals surface area contributed by atoms with E-state index in [2.05, 4.69) is 10.7 Å². The Kier molecular flexibility index (Phi) is 25.3. The molecule has 1 aromatic rings. The fourth-order valence-corrected chi connectivity index (χ4v) is 2.90. The summed E-state index contributed by atoms with van der Waals surface area (Å²) in [5, 5.41) is 30.5. The fraction of sp³-hybridized carbons (Fsp3) is 0.750. The van der Waals surface area contributed by atoms with Gasteiger partial charge in [-0.15, -0.1) is 0 Å². The van der Waals surface area contributed by atoms with Gasteiger partial charge < -0.3 is 38.3 Å². The molecule has 0 aliphatic heterocycles. The number of nitrogens with zero attached hydrogens (tertiary/aromatic N) is 2. The normalized spacial score (nSPS) is 11.2. The average molecular weight is 649 g/mol. The minimum atomic E-state index is -3.19. The Bertz CT molecular complexity index is 947. The Morgan fingerprint density at radius 2 is 1.05 bits per heavy atom. The second-order valence-corrected chi connectivity index (χ2v) is 11.2. The van der Waals surface area contributed by atoms with Gasteiger partial charge in [-0.05, 0) is 18.9 Å². The van der Waals surface area contributed by atoms with E-state index in [4.69, 9.17) is 38.3 Å². The highest BCUT2D eigenvalue weighted by molar-refractivity contribution is 8.13. The van der Waals surface area contributed by atoms with Crippen molar-refractivity contribution in [3.05, 3.63) is 44.0 Å². The van der Waals surface area contributed by atoms with Gasteiger partial charge in [0.25, 0.3) is 11.4 Å². The van der Waals surface area contributed by atoms with Crippen LogP contribution in [0.3, 0.4) is 0 Å². The number of aryl methyl sites for hydroxylation is 1. The van der Waals surface area contributed by atoms with Crippen molar-refractivity contribution in [3.8, 4) is 0 Å². The first kappa shape index (κ1) is 39.9. The first-order valence-electron chi connectivity index (χ1n) is 13.0. The van der Waals surface area contributed by atoms with Crippen molar-refractivity contribution in [3.63, 3.8) is 0 Å². The van der Waals surface area contributed by atoms with Crippen molar-refractivity contribution in [1.29, 1.82) is 0 Å². The Balaban J connectivity index is 0.00000308. The van der Waals surface area contributed by atoms with Crippen LogP contribution >= 0.6 is 10.7 Å². The molecule has 0 heterocycles. The molecule has 0 spiro atoms. The number of halogens is 1. The quantitative estimate of drug-likeness (QED) is 0.0657. The molecule has 0 unspecified atom stereocenters. The van der Waals surface area contributed by atoms with Crippen LogP contribution in [0.5, 0.6) is 0 Å². The summed E-state index contributed by atoms with van der Waals surface area (Å²) in [4.78, 5) is 20.6. The molecule has 0 fully saturated rings. The molecule has 0 aliphatic carbocycles. The molecule has 0 bridgehead atoms. The zero-order chi connectivity index (χ0) is 31.5. The molecular formula is C24H41ClN2O14S. The monoisotopic (exact) mass is 648 g/mol. The molecule has 0 aromatic heterocycles. The van der Waals surface area contributed by atoms with Crippen molar-refractivity contribution in [2.45, 2.75) is 12.8 Å². The van der Waals surface area contributed by atoms with Crippen LogP contribution < -0.4 is 0 Å². The summed E-state index contributed by atoms with van der Waals surface area (Å²) >= 11 is 0. The van der Waals surface area contributed by atoms with Crippen LogP contribution in [0.4, 0.5) is 11.4 Å². The maximum Gasteiger partial charge on any atom is 0.279 e. The lowest BCUT2D eigenvalue weighted by Crippen LogP contribution is -2.14. The summed E-state index contributed by atoms with van der Waals surface area (Å²) < 4.78 is 56.2. The minimum absolute atomic E-state index is 0.00867. The first-order valence-corrected chi connectivity index (χ1v) is 15.7. The molecule has 1 aromatic carbocycles. The second-order valence-electron chi connectivity index (χ2n) is 8.12. The van der Waals surface area contributed by atoms with Gasteiger partial charge in [-0.3, -0.25) is 20.2 Å². The summed E-state index contributed by atoms with van der Waals surface area (Å²) in [5.74, 6) is 0. The van der Waals surface area contributed by atoms with Gasteiger partial charge in [0.2, 0.25) is 9.05 Å². The molecule has 0 radical (unpaired) electrons. The number of aliphatic hydroxyl groups is 1. The Hall–Kier alpha value is -2.06. The van der Waals surface area contributed by atoms with Crippen LogP contribution in [0.2, 0.25) is 0 Å². The lowest BCUT2D eigenvalue weighted by atomic mass is 10.1. The maximum atomic E-state index is 11.1. The number of rotatable bonds is 26. The number of non-ortho nitro benzene ring substituents is 1. The van der Waals surface area contributed by atoms with Gasteiger partial charge in [-0.1, -0.05) is 0 Å². The molecule has 1 N–H and O–H groups in total. The smallest absolute Gasteiger partial charge is 0.279 e. The van der Waals surface area contributed by atoms with E-state index in [0.29, 0.717) is 111 Å². The van der Waals surface area contributed by atoms with Crippen molar-refractivity contribution in [1.82, 2.24) is 0 Å². The van der Waals surface area contributed by atoms with E-state index < -0.39 is 18.9 Å². The summed E-state index contributed by atoms with van der Waals surface area (Å²) in [7, 11) is 1.31. The van der Waals surface area contributed by atoms with E-state index in [-0.39, 0.29) is 18.0 Å². The highest BCUT2D eigenvalue weighted by atomic mass is 35.7. The molecule has 0 aliphatic rings. The summed E-state index contributed by atoms with van der Waals surface area (Å²) in [6, 6.07) is 3.66. The van der Waals surface area contributed by atoms with E-state index in [1.807, 2.05) is 0 Å². The fourth-order valence-electron chi connectivity index (χ4n) is 2.90. The highest BCUT2D eigenvalue weighted by Crippen LogP contribution is 2.25. The van der Waals surface area contributed by atoms with Gasteiger partial charge in [0.15, 0.2) is 0 Å². The zero-order valence-corrected chi connectivity index (χ0v) is 25.3. The molecule has 0 amide bonds. The summed E-state index contributed by atoms with van der Waals surface area (Å²) in [6.07, 6.45) is 1.85. The van der Waals surface area contributed by atoms with Crippen LogP contribution in [0.1, 0.15) is 12.0 Å². The molecule has 18 heteroatoms. The first-order chi connectivity index (χ1) is 20.1. The molecular weight excluding hydrogens is 608 g/mol. The SMILES string of the molecule is CS(=O)(=O)Cl.O=[N+]([O-])c1ccc(CCCOCCOCCOCCOCCOCCOCCOCCO)c([N+](=O)[O-])c1. The van der Waals surface area contributed by atoms with Crippen molar-refractivity contribution < 1.29 is 56.5 Å². The van der Waals surface area contributed by atoms with Crippen LogP contribution in [-0.2, 0) is 48.6 Å². The van der Waals surface area contributed by atoms with Crippen LogP contribution in [0.25, 0.3) is 0 Å². The average Bonchev–Trinajstić information content (AvgIpc) is 2.92. The summed E-state index contributed by atoms with van der Waals surface area (Å²) in [5.41, 5.74) is -0.121. The van der Waals surface area contributed by atoms with E-state index in [0.717, 1.165) is 12.3 Å². The molecule has 16 nitrogen and oxygen atoms in total.